The molecule has 1 aromatic carbocycles. The fourth-order valence-electron chi connectivity index (χ4n) is 2.89. The summed E-state index contributed by atoms with van der Waals surface area (Å²) >= 11 is 6.08. The van der Waals surface area contributed by atoms with Gasteiger partial charge in [0.1, 0.15) is 11.9 Å². The molecule has 2 rings (SSSR count). The first-order valence-electron chi connectivity index (χ1n) is 9.92. The zero-order chi connectivity index (χ0) is 22.3. The van der Waals surface area contributed by atoms with Crippen LogP contribution in [0.25, 0.3) is 0 Å². The molecule has 4 N–H and O–H groups in total. The SMILES string of the molecule is CC(C)N(C)[C@@H](C)C(=O)N[C@@H](Cc1cccc(Cl)c1)C(=O)NCc1ccc(N)nc1. The number of likely N-dealkylation sites (N-methyl/N-ethyl adjacent to an activating group) is 1. The zero-order valence-corrected chi connectivity index (χ0v) is 18.6. The van der Waals surface area contributed by atoms with E-state index in [1.54, 1.807) is 30.5 Å². The topological polar surface area (TPSA) is 100 Å². The molecule has 0 saturated heterocycles. The Balaban J connectivity index is 2.11. The Morgan fingerprint density at radius 2 is 1.87 bits per heavy atom. The number of hydrogen-bond donors (Lipinski definition) is 3. The molecule has 0 saturated carbocycles. The highest BCUT2D eigenvalue weighted by Gasteiger charge is 2.26. The van der Waals surface area contributed by atoms with E-state index in [-0.39, 0.29) is 30.4 Å². The number of carbonyl (C=O) groups excluding carboxylic acids is 2. The van der Waals surface area contributed by atoms with Crippen molar-refractivity contribution in [3.8, 4) is 0 Å². The second kappa shape index (κ2) is 10.9. The number of anilines is 1. The Bertz CT molecular complexity index is 857. The first kappa shape index (κ1) is 23.6. The Hall–Kier alpha value is -2.64. The van der Waals surface area contributed by atoms with Gasteiger partial charge in [-0.05, 0) is 57.1 Å². The van der Waals surface area contributed by atoms with Gasteiger partial charge in [-0.15, -0.1) is 0 Å². The molecule has 0 aliphatic rings. The Kier molecular flexibility index (Phi) is 8.62. The lowest BCUT2D eigenvalue weighted by molar-refractivity contribution is -0.131. The number of aromatic nitrogens is 1. The Morgan fingerprint density at radius 3 is 2.47 bits per heavy atom. The third-order valence-electron chi connectivity index (χ3n) is 5.08. The molecule has 0 fully saturated rings. The molecular weight excluding hydrogens is 402 g/mol. The van der Waals surface area contributed by atoms with Crippen LogP contribution in [0, 0.1) is 0 Å². The summed E-state index contributed by atoms with van der Waals surface area (Å²) in [6.45, 7) is 6.14. The number of nitrogens with one attached hydrogen (secondary N) is 2. The molecule has 7 nitrogen and oxygen atoms in total. The van der Waals surface area contributed by atoms with Crippen LogP contribution in [0.15, 0.2) is 42.6 Å². The van der Waals surface area contributed by atoms with Crippen molar-refractivity contribution in [1.82, 2.24) is 20.5 Å². The van der Waals surface area contributed by atoms with Gasteiger partial charge in [-0.3, -0.25) is 14.5 Å². The van der Waals surface area contributed by atoms with Gasteiger partial charge in [0.05, 0.1) is 6.04 Å². The van der Waals surface area contributed by atoms with E-state index in [1.807, 2.05) is 44.9 Å². The predicted octanol–water partition coefficient (Wildman–Crippen LogP) is 2.39. The van der Waals surface area contributed by atoms with Gasteiger partial charge in [0.15, 0.2) is 0 Å². The van der Waals surface area contributed by atoms with Gasteiger partial charge in [-0.2, -0.15) is 0 Å². The van der Waals surface area contributed by atoms with E-state index < -0.39 is 6.04 Å². The minimum absolute atomic E-state index is 0.198. The van der Waals surface area contributed by atoms with Crippen LogP contribution in [0.3, 0.4) is 0 Å². The number of pyridine rings is 1. The normalized spacial score (nSPS) is 13.2. The third kappa shape index (κ3) is 7.00. The zero-order valence-electron chi connectivity index (χ0n) is 17.9. The van der Waals surface area contributed by atoms with Crippen LogP contribution < -0.4 is 16.4 Å². The van der Waals surface area contributed by atoms with Crippen molar-refractivity contribution < 1.29 is 9.59 Å². The number of halogens is 1. The Labute approximate surface area is 183 Å². The van der Waals surface area contributed by atoms with E-state index in [2.05, 4.69) is 15.6 Å². The van der Waals surface area contributed by atoms with Crippen LogP contribution >= 0.6 is 11.6 Å². The number of nitrogen functional groups attached to an aromatic ring is 1. The molecule has 2 atom stereocenters. The Morgan fingerprint density at radius 1 is 1.13 bits per heavy atom. The quantitative estimate of drug-likeness (QED) is 0.566. The molecule has 0 radical (unpaired) electrons. The van der Waals surface area contributed by atoms with Crippen molar-refractivity contribution in [3.63, 3.8) is 0 Å². The van der Waals surface area contributed by atoms with E-state index in [0.717, 1.165) is 11.1 Å². The molecule has 30 heavy (non-hydrogen) atoms. The summed E-state index contributed by atoms with van der Waals surface area (Å²) < 4.78 is 0. The average molecular weight is 432 g/mol. The summed E-state index contributed by atoms with van der Waals surface area (Å²) in [5, 5.41) is 6.35. The maximum atomic E-state index is 12.9. The minimum Gasteiger partial charge on any atom is -0.384 e. The lowest BCUT2D eigenvalue weighted by atomic mass is 10.0. The third-order valence-corrected chi connectivity index (χ3v) is 5.32. The lowest BCUT2D eigenvalue weighted by Gasteiger charge is -2.29. The first-order valence-corrected chi connectivity index (χ1v) is 10.3. The molecule has 0 unspecified atom stereocenters. The van der Waals surface area contributed by atoms with Gasteiger partial charge >= 0.3 is 0 Å². The van der Waals surface area contributed by atoms with Gasteiger partial charge in [0.2, 0.25) is 11.8 Å². The number of hydrogen-bond acceptors (Lipinski definition) is 5. The van der Waals surface area contributed by atoms with Crippen molar-refractivity contribution >= 4 is 29.2 Å². The van der Waals surface area contributed by atoms with Crippen molar-refractivity contribution in [2.75, 3.05) is 12.8 Å². The summed E-state index contributed by atoms with van der Waals surface area (Å²) in [5.41, 5.74) is 7.28. The molecule has 2 aromatic rings. The summed E-state index contributed by atoms with van der Waals surface area (Å²) in [5.74, 6) is -0.0680. The fraction of sp³-hybridized carbons (Fsp3) is 0.409. The molecule has 0 aliphatic heterocycles. The van der Waals surface area contributed by atoms with Crippen LogP contribution in [0.5, 0.6) is 0 Å². The maximum absolute atomic E-state index is 12.9. The molecule has 162 valence electrons. The van der Waals surface area contributed by atoms with E-state index >= 15 is 0 Å². The van der Waals surface area contributed by atoms with Crippen molar-refractivity contribution in [2.24, 2.45) is 0 Å². The smallest absolute Gasteiger partial charge is 0.243 e. The number of amides is 2. The molecule has 0 spiro atoms. The monoisotopic (exact) mass is 431 g/mol. The van der Waals surface area contributed by atoms with Crippen molar-refractivity contribution in [3.05, 3.63) is 58.7 Å². The predicted molar refractivity (Wildman–Crippen MR) is 120 cm³/mol. The number of nitrogens with two attached hydrogens (primary N) is 1. The van der Waals surface area contributed by atoms with E-state index in [9.17, 15) is 9.59 Å². The number of benzene rings is 1. The second-order valence-corrected chi connectivity index (χ2v) is 8.08. The number of nitrogens with zero attached hydrogens (tertiary/aromatic N) is 2. The second-order valence-electron chi connectivity index (χ2n) is 7.64. The van der Waals surface area contributed by atoms with E-state index in [4.69, 9.17) is 17.3 Å². The maximum Gasteiger partial charge on any atom is 0.243 e. The first-order chi connectivity index (χ1) is 14.2. The summed E-state index contributed by atoms with van der Waals surface area (Å²) in [4.78, 5) is 31.7. The lowest BCUT2D eigenvalue weighted by Crippen LogP contribution is -2.53. The fourth-order valence-corrected chi connectivity index (χ4v) is 3.10. The highest BCUT2D eigenvalue weighted by molar-refractivity contribution is 6.30. The number of carbonyl (C=O) groups is 2. The van der Waals surface area contributed by atoms with E-state index in [1.165, 1.54) is 0 Å². The summed E-state index contributed by atoms with van der Waals surface area (Å²) in [7, 11) is 1.88. The molecule has 0 aliphatic carbocycles. The van der Waals surface area contributed by atoms with Gasteiger partial charge in [0.25, 0.3) is 0 Å². The highest BCUT2D eigenvalue weighted by Crippen LogP contribution is 2.13. The molecule has 1 heterocycles. The molecule has 0 bridgehead atoms. The molecule has 2 amide bonds. The molecule has 8 heteroatoms. The molecular formula is C22H30ClN5O2. The average Bonchev–Trinajstić information content (AvgIpc) is 2.71. The summed E-state index contributed by atoms with van der Waals surface area (Å²) in [6.07, 6.45) is 1.94. The molecule has 1 aromatic heterocycles. The van der Waals surface area contributed by atoms with Gasteiger partial charge in [-0.1, -0.05) is 29.8 Å². The number of rotatable bonds is 9. The highest BCUT2D eigenvalue weighted by atomic mass is 35.5. The summed E-state index contributed by atoms with van der Waals surface area (Å²) in [6, 6.07) is 9.83. The minimum atomic E-state index is -0.735. The van der Waals surface area contributed by atoms with Crippen molar-refractivity contribution in [1.29, 1.82) is 0 Å². The van der Waals surface area contributed by atoms with Crippen LogP contribution in [-0.4, -0.2) is 46.9 Å². The van der Waals surface area contributed by atoms with Crippen LogP contribution in [0.1, 0.15) is 31.9 Å². The van der Waals surface area contributed by atoms with Crippen LogP contribution in [0.4, 0.5) is 5.82 Å². The largest absolute Gasteiger partial charge is 0.384 e. The van der Waals surface area contributed by atoms with Gasteiger partial charge in [0, 0.05) is 30.2 Å². The van der Waals surface area contributed by atoms with Crippen LogP contribution in [0.2, 0.25) is 5.02 Å². The van der Waals surface area contributed by atoms with Gasteiger partial charge in [-0.25, -0.2) is 4.98 Å². The standard InChI is InChI=1S/C22H30ClN5O2/c1-14(2)28(4)15(3)21(29)27-19(11-16-6-5-7-18(23)10-16)22(30)26-13-17-8-9-20(24)25-12-17/h5-10,12,14-15,19H,11,13H2,1-4H3,(H2,24,25)(H,26,30)(H,27,29)/t15-,19-/m0/s1. The van der Waals surface area contributed by atoms with Crippen molar-refractivity contribution in [2.45, 2.75) is 51.9 Å². The van der Waals surface area contributed by atoms with Crippen LogP contribution in [-0.2, 0) is 22.6 Å². The van der Waals surface area contributed by atoms with Gasteiger partial charge < -0.3 is 16.4 Å². The van der Waals surface area contributed by atoms with E-state index in [0.29, 0.717) is 17.3 Å².